The van der Waals surface area contributed by atoms with E-state index in [1.54, 1.807) is 12.1 Å². The van der Waals surface area contributed by atoms with E-state index in [9.17, 15) is 0 Å². The number of benzene rings is 1. The summed E-state index contributed by atoms with van der Waals surface area (Å²) in [6.07, 6.45) is 0. The van der Waals surface area contributed by atoms with Crippen LogP contribution < -0.4 is 15.8 Å². The van der Waals surface area contributed by atoms with Gasteiger partial charge in [-0.2, -0.15) is 0 Å². The Morgan fingerprint density at radius 3 is 2.88 bits per heavy atom. The largest absolute Gasteiger partial charge is 0.492 e. The van der Waals surface area contributed by atoms with E-state index in [1.807, 2.05) is 13.0 Å². The summed E-state index contributed by atoms with van der Waals surface area (Å²) in [7, 11) is 0. The first-order valence-corrected chi connectivity index (χ1v) is 5.57. The van der Waals surface area contributed by atoms with Gasteiger partial charge in [-0.1, -0.05) is 11.6 Å². The Kier molecular flexibility index (Phi) is 5.38. The number of rotatable bonds is 6. The molecule has 0 aliphatic carbocycles. The van der Waals surface area contributed by atoms with E-state index in [2.05, 4.69) is 5.32 Å². The number of halogens is 1. The molecule has 0 fully saturated rings. The first kappa shape index (κ1) is 13.1. The van der Waals surface area contributed by atoms with Gasteiger partial charge in [0.15, 0.2) is 0 Å². The van der Waals surface area contributed by atoms with Crippen molar-refractivity contribution in [2.24, 2.45) is 5.73 Å². The van der Waals surface area contributed by atoms with Crippen molar-refractivity contribution in [3.8, 4) is 5.75 Å². The number of aliphatic hydroxyl groups is 1. The molecule has 0 bridgehead atoms. The molecule has 0 aliphatic rings. The lowest BCUT2D eigenvalue weighted by molar-refractivity contribution is 0.270. The average Bonchev–Trinajstić information content (AvgIpc) is 2.29. The SMILES string of the molecule is CCOc1ccc(NCC(N)CO)cc1Cl. The third kappa shape index (κ3) is 3.89. The van der Waals surface area contributed by atoms with Gasteiger partial charge in [0, 0.05) is 18.3 Å². The van der Waals surface area contributed by atoms with E-state index >= 15 is 0 Å². The molecule has 0 saturated carbocycles. The van der Waals surface area contributed by atoms with Crippen LogP contribution in [0.5, 0.6) is 5.75 Å². The zero-order valence-electron chi connectivity index (χ0n) is 9.24. The monoisotopic (exact) mass is 244 g/mol. The van der Waals surface area contributed by atoms with Crippen molar-refractivity contribution in [2.75, 3.05) is 25.1 Å². The van der Waals surface area contributed by atoms with E-state index < -0.39 is 0 Å². The minimum atomic E-state index is -0.273. The molecular weight excluding hydrogens is 228 g/mol. The quantitative estimate of drug-likeness (QED) is 0.709. The van der Waals surface area contributed by atoms with Crippen molar-refractivity contribution < 1.29 is 9.84 Å². The average molecular weight is 245 g/mol. The van der Waals surface area contributed by atoms with Crippen LogP contribution in [0, 0.1) is 0 Å². The zero-order chi connectivity index (χ0) is 12.0. The summed E-state index contributed by atoms with van der Waals surface area (Å²) >= 11 is 6.01. The molecule has 4 N–H and O–H groups in total. The predicted molar refractivity (Wildman–Crippen MR) is 66.2 cm³/mol. The van der Waals surface area contributed by atoms with Crippen LogP contribution >= 0.6 is 11.6 Å². The summed E-state index contributed by atoms with van der Waals surface area (Å²) in [4.78, 5) is 0. The Morgan fingerprint density at radius 1 is 1.56 bits per heavy atom. The third-order valence-electron chi connectivity index (χ3n) is 2.03. The Morgan fingerprint density at radius 2 is 2.31 bits per heavy atom. The zero-order valence-corrected chi connectivity index (χ0v) is 10.00. The summed E-state index contributed by atoms with van der Waals surface area (Å²) in [6, 6.07) is 5.17. The Bertz CT molecular complexity index is 334. The molecule has 1 atom stereocenters. The Labute approximate surface area is 100 Å². The first-order chi connectivity index (χ1) is 7.67. The van der Waals surface area contributed by atoms with Crippen LogP contribution in [0.3, 0.4) is 0 Å². The second-order valence-electron chi connectivity index (χ2n) is 3.40. The maximum absolute atomic E-state index is 8.77. The highest BCUT2D eigenvalue weighted by Crippen LogP contribution is 2.27. The second-order valence-corrected chi connectivity index (χ2v) is 3.81. The van der Waals surface area contributed by atoms with Crippen LogP contribution in [0.25, 0.3) is 0 Å². The van der Waals surface area contributed by atoms with Gasteiger partial charge in [0.1, 0.15) is 5.75 Å². The van der Waals surface area contributed by atoms with E-state index in [1.165, 1.54) is 0 Å². The number of nitrogens with one attached hydrogen (secondary N) is 1. The van der Waals surface area contributed by atoms with Crippen LogP contribution in [0.2, 0.25) is 5.02 Å². The number of ether oxygens (including phenoxy) is 1. The molecule has 0 spiro atoms. The van der Waals surface area contributed by atoms with Crippen LogP contribution in [0.4, 0.5) is 5.69 Å². The maximum atomic E-state index is 8.77. The lowest BCUT2D eigenvalue weighted by atomic mass is 10.2. The first-order valence-electron chi connectivity index (χ1n) is 5.20. The summed E-state index contributed by atoms with van der Waals surface area (Å²) in [5.41, 5.74) is 6.42. The molecule has 1 aromatic rings. The molecule has 0 amide bonds. The van der Waals surface area contributed by atoms with Crippen molar-refractivity contribution in [2.45, 2.75) is 13.0 Å². The normalized spacial score (nSPS) is 12.2. The third-order valence-corrected chi connectivity index (χ3v) is 2.33. The van der Waals surface area contributed by atoms with Gasteiger partial charge in [-0.25, -0.2) is 0 Å². The van der Waals surface area contributed by atoms with Crippen molar-refractivity contribution in [1.82, 2.24) is 0 Å². The number of hydrogen-bond acceptors (Lipinski definition) is 4. The standard InChI is InChI=1S/C11H17ClN2O2/c1-2-16-11-4-3-9(5-10(11)12)14-6-8(13)7-15/h3-5,8,14-15H,2,6-7,13H2,1H3. The van der Waals surface area contributed by atoms with E-state index in [-0.39, 0.29) is 12.6 Å². The highest BCUT2D eigenvalue weighted by atomic mass is 35.5. The van der Waals surface area contributed by atoms with Gasteiger partial charge in [0.25, 0.3) is 0 Å². The molecule has 4 nitrogen and oxygen atoms in total. The van der Waals surface area contributed by atoms with Crippen LogP contribution in [-0.4, -0.2) is 30.9 Å². The molecule has 0 saturated heterocycles. The minimum Gasteiger partial charge on any atom is -0.492 e. The smallest absolute Gasteiger partial charge is 0.138 e. The summed E-state index contributed by atoms with van der Waals surface area (Å²) in [5, 5.41) is 12.4. The lowest BCUT2D eigenvalue weighted by Crippen LogP contribution is -2.32. The predicted octanol–water partition coefficient (Wildman–Crippen LogP) is 1.47. The van der Waals surface area contributed by atoms with E-state index in [0.717, 1.165) is 5.69 Å². The van der Waals surface area contributed by atoms with Gasteiger partial charge in [-0.05, 0) is 25.1 Å². The Hall–Kier alpha value is -0.970. The van der Waals surface area contributed by atoms with Gasteiger partial charge in [-0.15, -0.1) is 0 Å². The van der Waals surface area contributed by atoms with Crippen molar-refractivity contribution in [1.29, 1.82) is 0 Å². The highest BCUT2D eigenvalue weighted by molar-refractivity contribution is 6.32. The minimum absolute atomic E-state index is 0.0439. The molecule has 5 heteroatoms. The van der Waals surface area contributed by atoms with Gasteiger partial charge < -0.3 is 20.9 Å². The van der Waals surface area contributed by atoms with Crippen LogP contribution in [0.15, 0.2) is 18.2 Å². The fourth-order valence-corrected chi connectivity index (χ4v) is 1.43. The van der Waals surface area contributed by atoms with Crippen molar-refractivity contribution in [3.63, 3.8) is 0 Å². The highest BCUT2D eigenvalue weighted by Gasteiger charge is 2.04. The molecule has 16 heavy (non-hydrogen) atoms. The van der Waals surface area contributed by atoms with E-state index in [4.69, 9.17) is 27.2 Å². The van der Waals surface area contributed by atoms with Crippen molar-refractivity contribution >= 4 is 17.3 Å². The second kappa shape index (κ2) is 6.58. The maximum Gasteiger partial charge on any atom is 0.138 e. The van der Waals surface area contributed by atoms with E-state index in [0.29, 0.717) is 23.9 Å². The molecule has 1 aromatic carbocycles. The van der Waals surface area contributed by atoms with Gasteiger partial charge in [0.2, 0.25) is 0 Å². The molecule has 1 rings (SSSR count). The molecule has 0 radical (unpaired) electrons. The van der Waals surface area contributed by atoms with Gasteiger partial charge in [-0.3, -0.25) is 0 Å². The van der Waals surface area contributed by atoms with Crippen molar-refractivity contribution in [3.05, 3.63) is 23.2 Å². The molecule has 0 aliphatic heterocycles. The fourth-order valence-electron chi connectivity index (χ4n) is 1.20. The van der Waals surface area contributed by atoms with Crippen LogP contribution in [-0.2, 0) is 0 Å². The number of anilines is 1. The lowest BCUT2D eigenvalue weighted by Gasteiger charge is -2.12. The van der Waals surface area contributed by atoms with Crippen LogP contribution in [0.1, 0.15) is 6.92 Å². The molecular formula is C11H17ClN2O2. The topological polar surface area (TPSA) is 67.5 Å². The number of nitrogens with two attached hydrogens (primary N) is 1. The van der Waals surface area contributed by atoms with Gasteiger partial charge >= 0.3 is 0 Å². The number of aliphatic hydroxyl groups excluding tert-OH is 1. The molecule has 1 unspecified atom stereocenters. The number of hydrogen-bond donors (Lipinski definition) is 3. The fraction of sp³-hybridized carbons (Fsp3) is 0.455. The summed E-state index contributed by atoms with van der Waals surface area (Å²) in [6.45, 7) is 2.95. The molecule has 90 valence electrons. The summed E-state index contributed by atoms with van der Waals surface area (Å²) < 4.78 is 5.31. The molecule has 0 heterocycles. The van der Waals surface area contributed by atoms with Gasteiger partial charge in [0.05, 0.1) is 18.2 Å². The molecule has 0 aromatic heterocycles. The Balaban J connectivity index is 2.59. The summed E-state index contributed by atoms with van der Waals surface area (Å²) in [5.74, 6) is 0.668.